The molecule has 2 aromatic rings. The fourth-order valence-corrected chi connectivity index (χ4v) is 5.03. The maximum Gasteiger partial charge on any atom is 0.408 e. The smallest absolute Gasteiger partial charge is 0.408 e. The van der Waals surface area contributed by atoms with E-state index < -0.39 is 17.8 Å². The van der Waals surface area contributed by atoms with Gasteiger partial charge in [0.15, 0.2) is 18.7 Å². The van der Waals surface area contributed by atoms with E-state index in [9.17, 15) is 14.4 Å². The van der Waals surface area contributed by atoms with Gasteiger partial charge in [-0.05, 0) is 39.7 Å². The molecule has 2 heterocycles. The lowest BCUT2D eigenvalue weighted by atomic mass is 9.84. The van der Waals surface area contributed by atoms with Gasteiger partial charge in [-0.25, -0.2) is 9.59 Å². The van der Waals surface area contributed by atoms with Crippen molar-refractivity contribution < 1.29 is 41.2 Å². The number of ether oxygens (including phenoxy) is 2. The van der Waals surface area contributed by atoms with E-state index in [2.05, 4.69) is 28.2 Å². The minimum Gasteiger partial charge on any atom is -1.00 e. The molecule has 0 bridgehead atoms. The van der Waals surface area contributed by atoms with Crippen molar-refractivity contribution in [2.75, 3.05) is 26.4 Å². The number of para-hydroxylation sites is 1. The number of aryl methyl sites for hydroxylation is 1. The number of nitrogens with zero attached hydrogens (tertiary/aromatic N) is 2. The highest BCUT2D eigenvalue weighted by molar-refractivity contribution is 6.11. The molecule has 0 spiro atoms. The van der Waals surface area contributed by atoms with Crippen molar-refractivity contribution in [2.24, 2.45) is 13.0 Å². The highest BCUT2D eigenvalue weighted by Gasteiger charge is 2.37. The molecule has 208 valence electrons. The first-order chi connectivity index (χ1) is 17.5. The maximum absolute atomic E-state index is 13.5. The zero-order chi connectivity index (χ0) is 26.7. The molecule has 3 unspecified atom stereocenters. The molecule has 0 saturated carbocycles. The van der Waals surface area contributed by atoms with Crippen LogP contribution in [0.15, 0.2) is 36.7 Å². The van der Waals surface area contributed by atoms with E-state index in [-0.39, 0.29) is 50.1 Å². The van der Waals surface area contributed by atoms with E-state index in [0.29, 0.717) is 6.54 Å². The third-order valence-corrected chi connectivity index (χ3v) is 6.98. The fourth-order valence-electron chi connectivity index (χ4n) is 5.03. The molecule has 2 aliphatic rings. The highest BCUT2D eigenvalue weighted by Crippen LogP contribution is 2.33. The number of halogens is 1. The summed E-state index contributed by atoms with van der Waals surface area (Å²) in [6.07, 6.45) is 4.59. The Morgan fingerprint density at radius 3 is 2.53 bits per heavy atom. The van der Waals surface area contributed by atoms with Gasteiger partial charge in [0.1, 0.15) is 11.8 Å². The minimum absolute atomic E-state index is 0. The average molecular weight is 548 g/mol. The molecule has 3 N–H and O–H groups in total. The van der Waals surface area contributed by atoms with Gasteiger partial charge in [-0.2, -0.15) is 0 Å². The molecule has 0 saturated heterocycles. The van der Waals surface area contributed by atoms with Gasteiger partial charge in [-0.3, -0.25) is 14.6 Å². The summed E-state index contributed by atoms with van der Waals surface area (Å²) in [6, 6.07) is 8.10. The minimum atomic E-state index is -0.574. The molecule has 3 atom stereocenters. The van der Waals surface area contributed by atoms with Crippen molar-refractivity contribution in [2.45, 2.75) is 52.3 Å². The van der Waals surface area contributed by atoms with Crippen molar-refractivity contribution in [1.29, 1.82) is 0 Å². The number of rotatable bonds is 7. The van der Waals surface area contributed by atoms with E-state index in [1.54, 1.807) is 20.8 Å². The summed E-state index contributed by atoms with van der Waals surface area (Å²) in [5.74, 6) is 0.169. The van der Waals surface area contributed by atoms with Crippen molar-refractivity contribution in [3.63, 3.8) is 0 Å². The van der Waals surface area contributed by atoms with E-state index in [1.165, 1.54) is 0 Å². The van der Waals surface area contributed by atoms with Crippen molar-refractivity contribution in [3.8, 4) is 0 Å². The van der Waals surface area contributed by atoms with Crippen LogP contribution in [-0.4, -0.2) is 65.6 Å². The molecule has 11 heteroatoms. The Hall–Kier alpha value is -3.24. The molecule has 1 aliphatic heterocycles. The number of fused-ring (bicyclic) bond motifs is 3. The van der Waals surface area contributed by atoms with E-state index >= 15 is 0 Å². The second-order valence-electron chi connectivity index (χ2n) is 10.7. The summed E-state index contributed by atoms with van der Waals surface area (Å²) >= 11 is 0. The molecule has 0 fully saturated rings. The Morgan fingerprint density at radius 2 is 1.82 bits per heavy atom. The second kappa shape index (κ2) is 12.1. The lowest BCUT2D eigenvalue weighted by Crippen LogP contribution is -3.11. The largest absolute Gasteiger partial charge is 1.00 e. The summed E-state index contributed by atoms with van der Waals surface area (Å²) in [4.78, 5) is 40.3. The van der Waals surface area contributed by atoms with Crippen LogP contribution < -0.4 is 27.9 Å². The maximum atomic E-state index is 13.5. The van der Waals surface area contributed by atoms with Crippen molar-refractivity contribution in [3.05, 3.63) is 47.9 Å². The van der Waals surface area contributed by atoms with Crippen LogP contribution >= 0.6 is 0 Å². The molecule has 1 aromatic carbocycles. The van der Waals surface area contributed by atoms with Gasteiger partial charge in [0.25, 0.3) is 0 Å². The van der Waals surface area contributed by atoms with Gasteiger partial charge in [0, 0.05) is 49.2 Å². The van der Waals surface area contributed by atoms with Gasteiger partial charge in [-0.15, -0.1) is 0 Å². The van der Waals surface area contributed by atoms with Crippen LogP contribution in [0, 0.1) is 5.92 Å². The molecular formula is C27H38ClN5O5. The molecule has 4 rings (SSSR count). The molecular weight excluding hydrogens is 510 g/mol. The van der Waals surface area contributed by atoms with Crippen molar-refractivity contribution >= 4 is 28.9 Å². The molecule has 1 aromatic heterocycles. The number of amides is 2. The monoisotopic (exact) mass is 547 g/mol. The lowest BCUT2D eigenvalue weighted by Gasteiger charge is -2.28. The first kappa shape index (κ1) is 29.3. The Labute approximate surface area is 229 Å². The number of carbonyl (C=O) groups is 3. The Morgan fingerprint density at radius 1 is 1.13 bits per heavy atom. The van der Waals surface area contributed by atoms with E-state index in [0.717, 1.165) is 39.9 Å². The topological polar surface area (TPSA) is 106 Å². The number of hydrogen-bond donors (Lipinski definition) is 3. The summed E-state index contributed by atoms with van der Waals surface area (Å²) in [5, 5.41) is 6.23. The molecule has 0 radical (unpaired) electrons. The number of hydrogen-bond acceptors (Lipinski definition) is 6. The summed E-state index contributed by atoms with van der Waals surface area (Å²) in [5.41, 5.74) is 2.54. The third-order valence-electron chi connectivity index (χ3n) is 6.98. The number of nitrogens with one attached hydrogen (secondary N) is 3. The Kier molecular flexibility index (Phi) is 9.32. The van der Waals surface area contributed by atoms with Gasteiger partial charge in [-0.1, -0.05) is 18.2 Å². The number of Topliss-reactive ketones (excluding diaryl/α,β-unsaturated/α-hetero) is 1. The number of alkyl carbamates (subject to hydrolysis) is 2. The Bertz CT molecular complexity index is 1200. The van der Waals surface area contributed by atoms with Crippen LogP contribution in [0.5, 0.6) is 0 Å². The molecule has 38 heavy (non-hydrogen) atoms. The van der Waals surface area contributed by atoms with Crippen LogP contribution in [0.3, 0.4) is 0 Å². The van der Waals surface area contributed by atoms with Gasteiger partial charge in [0.2, 0.25) is 0 Å². The van der Waals surface area contributed by atoms with Crippen LogP contribution in [-0.2, 0) is 22.9 Å². The first-order valence-corrected chi connectivity index (χ1v) is 12.8. The molecule has 1 aliphatic carbocycles. The summed E-state index contributed by atoms with van der Waals surface area (Å²) in [6.45, 7) is 8.65. The lowest BCUT2D eigenvalue weighted by molar-refractivity contribution is -0.878. The normalized spacial score (nSPS) is 20.6. The van der Waals surface area contributed by atoms with Crippen molar-refractivity contribution in [1.82, 2.24) is 20.1 Å². The van der Waals surface area contributed by atoms with Crippen LogP contribution in [0.1, 0.15) is 50.2 Å². The number of quaternary nitrogens is 1. The summed E-state index contributed by atoms with van der Waals surface area (Å²) in [7, 11) is 2.04. The predicted molar refractivity (Wildman–Crippen MR) is 139 cm³/mol. The van der Waals surface area contributed by atoms with Crippen LogP contribution in [0.2, 0.25) is 0 Å². The SMILES string of the molecule is CC1N(COC(=O)NCCNC(=O)OC(C)(C)C)C=C[NH+]1CC1CCc2c(c3ccccc3n2C)C1=O.[Cl-]. The molecule has 2 amide bonds. The standard InChI is InChI=1S/C27H37N5O5.ClH/c1-18-31(14-15-32(18)17-36-25(34)28-12-13-29-26(35)37-27(2,3)4)16-19-10-11-22-23(24(19)33)20-8-6-7-9-21(20)30(22)5;/h6-9,14-15,18-19H,10-13,16-17H2,1-5H3,(H,28,34)(H,29,35);1H. The third kappa shape index (κ3) is 6.60. The predicted octanol–water partition coefficient (Wildman–Crippen LogP) is -0.846. The van der Waals surface area contributed by atoms with Gasteiger partial charge in [0.05, 0.1) is 18.7 Å². The first-order valence-electron chi connectivity index (χ1n) is 12.8. The van der Waals surface area contributed by atoms with E-state index in [1.807, 2.05) is 42.5 Å². The van der Waals surface area contributed by atoms with Gasteiger partial charge >= 0.3 is 12.2 Å². The zero-order valence-electron chi connectivity index (χ0n) is 22.7. The zero-order valence-corrected chi connectivity index (χ0v) is 23.4. The van der Waals surface area contributed by atoms with E-state index in [4.69, 9.17) is 9.47 Å². The second-order valence-corrected chi connectivity index (χ2v) is 10.7. The number of ketones is 1. The summed E-state index contributed by atoms with van der Waals surface area (Å²) < 4.78 is 12.6. The van der Waals surface area contributed by atoms with Crippen LogP contribution in [0.4, 0.5) is 9.59 Å². The average Bonchev–Trinajstić information content (AvgIpc) is 3.33. The number of aromatic nitrogens is 1. The quantitative estimate of drug-likeness (QED) is 0.390. The fraction of sp³-hybridized carbons (Fsp3) is 0.519. The Balaban J connectivity index is 0.00000400. The van der Waals surface area contributed by atoms with Gasteiger partial charge < -0.3 is 37.1 Å². The number of benzene rings is 1. The van der Waals surface area contributed by atoms with Crippen LogP contribution in [0.25, 0.3) is 10.9 Å². The molecule has 10 nitrogen and oxygen atoms in total. The highest BCUT2D eigenvalue weighted by atomic mass is 35.5. The number of carbonyl (C=O) groups excluding carboxylic acids is 3.